The Kier molecular flexibility index (Phi) is 8.71. The molecule has 0 unspecified atom stereocenters. The highest BCUT2D eigenvalue weighted by atomic mass is 32.2. The molecule has 0 atom stereocenters. The Bertz CT molecular complexity index is 120. The van der Waals surface area contributed by atoms with Crippen molar-refractivity contribution >= 4 is 17.7 Å². The van der Waals surface area contributed by atoms with Crippen molar-refractivity contribution in [3.63, 3.8) is 0 Å². The first-order chi connectivity index (χ1) is 5.81. The van der Waals surface area contributed by atoms with E-state index in [1.54, 1.807) is 11.8 Å². The number of carbonyl (C=O) groups excluding carboxylic acids is 1. The average Bonchev–Trinajstić information content (AvgIpc) is 2.09. The summed E-state index contributed by atoms with van der Waals surface area (Å²) in [7, 11) is 0. The zero-order chi connectivity index (χ0) is 9.23. The fourth-order valence-electron chi connectivity index (χ4n) is 0.658. The van der Waals surface area contributed by atoms with E-state index in [0.29, 0.717) is 12.3 Å². The highest BCUT2D eigenvalue weighted by molar-refractivity contribution is 7.99. The largest absolute Gasteiger partial charge is 0.395 e. The highest BCUT2D eigenvalue weighted by Gasteiger charge is 1.98. The van der Waals surface area contributed by atoms with Crippen molar-refractivity contribution in [1.29, 1.82) is 0 Å². The van der Waals surface area contributed by atoms with Crippen molar-refractivity contribution in [2.24, 2.45) is 0 Å². The van der Waals surface area contributed by atoms with Crippen LogP contribution in [0.5, 0.6) is 0 Å². The number of amides is 1. The predicted molar refractivity (Wildman–Crippen MR) is 52.3 cm³/mol. The molecule has 0 aliphatic rings. The average molecular weight is 191 g/mol. The first kappa shape index (κ1) is 11.8. The van der Waals surface area contributed by atoms with E-state index in [0.717, 1.165) is 12.2 Å². The van der Waals surface area contributed by atoms with Crippen LogP contribution in [0.4, 0.5) is 0 Å². The standard InChI is InChI=1S/C8H17NO2S/c1-2-3-6-12-7-8(11)9-4-5-10/h10H,2-7H2,1H3,(H,9,11). The Hall–Kier alpha value is -0.220. The molecule has 0 heterocycles. The molecule has 12 heavy (non-hydrogen) atoms. The summed E-state index contributed by atoms with van der Waals surface area (Å²) in [6.07, 6.45) is 2.34. The molecule has 0 rings (SSSR count). The number of nitrogens with one attached hydrogen (secondary N) is 1. The molecule has 72 valence electrons. The molecule has 0 aromatic rings. The lowest BCUT2D eigenvalue weighted by atomic mass is 10.4. The molecule has 0 aliphatic heterocycles. The van der Waals surface area contributed by atoms with Gasteiger partial charge in [-0.25, -0.2) is 0 Å². The van der Waals surface area contributed by atoms with Crippen LogP contribution in [-0.2, 0) is 4.79 Å². The lowest BCUT2D eigenvalue weighted by molar-refractivity contribution is -0.118. The monoisotopic (exact) mass is 191 g/mol. The maximum Gasteiger partial charge on any atom is 0.230 e. The van der Waals surface area contributed by atoms with Crippen molar-refractivity contribution in [2.75, 3.05) is 24.7 Å². The molecule has 0 spiro atoms. The SMILES string of the molecule is CCCCSCC(=O)NCCO. The highest BCUT2D eigenvalue weighted by Crippen LogP contribution is 2.02. The molecule has 0 fully saturated rings. The van der Waals surface area contributed by atoms with Crippen LogP contribution < -0.4 is 5.32 Å². The minimum atomic E-state index is 0.0187. The summed E-state index contributed by atoms with van der Waals surface area (Å²) in [6.45, 7) is 2.52. The Morgan fingerprint density at radius 3 is 2.92 bits per heavy atom. The number of unbranched alkanes of at least 4 members (excludes halogenated alkanes) is 1. The van der Waals surface area contributed by atoms with Gasteiger partial charge >= 0.3 is 0 Å². The Balaban J connectivity index is 3.08. The third-order valence-electron chi connectivity index (χ3n) is 1.31. The molecule has 3 nitrogen and oxygen atoms in total. The molecular formula is C8H17NO2S. The van der Waals surface area contributed by atoms with Gasteiger partial charge in [-0.2, -0.15) is 11.8 Å². The molecule has 0 aromatic heterocycles. The van der Waals surface area contributed by atoms with Gasteiger partial charge in [-0.3, -0.25) is 4.79 Å². The fourth-order valence-corrected chi connectivity index (χ4v) is 1.58. The van der Waals surface area contributed by atoms with Gasteiger partial charge in [0.2, 0.25) is 5.91 Å². The zero-order valence-corrected chi connectivity index (χ0v) is 8.32. The van der Waals surface area contributed by atoms with Crippen molar-refractivity contribution in [1.82, 2.24) is 5.32 Å². The normalized spacial score (nSPS) is 9.83. The number of aliphatic hydroxyl groups excluding tert-OH is 1. The van der Waals surface area contributed by atoms with E-state index in [1.807, 2.05) is 0 Å². The van der Waals surface area contributed by atoms with Crippen LogP contribution in [0.3, 0.4) is 0 Å². The minimum absolute atomic E-state index is 0.0187. The number of hydrogen-bond donors (Lipinski definition) is 2. The molecule has 0 radical (unpaired) electrons. The fraction of sp³-hybridized carbons (Fsp3) is 0.875. The zero-order valence-electron chi connectivity index (χ0n) is 7.51. The van der Waals surface area contributed by atoms with E-state index < -0.39 is 0 Å². The molecule has 0 aromatic carbocycles. The third-order valence-corrected chi connectivity index (χ3v) is 2.35. The van der Waals surface area contributed by atoms with Crippen LogP contribution in [0.1, 0.15) is 19.8 Å². The summed E-state index contributed by atoms with van der Waals surface area (Å²) < 4.78 is 0. The molecule has 0 aliphatic carbocycles. The predicted octanol–water partition coefficient (Wildman–Crippen LogP) is 0.628. The summed E-state index contributed by atoms with van der Waals surface area (Å²) in [5, 5.41) is 11.0. The summed E-state index contributed by atoms with van der Waals surface area (Å²) >= 11 is 1.64. The Morgan fingerprint density at radius 1 is 1.58 bits per heavy atom. The maximum absolute atomic E-state index is 10.9. The molecule has 2 N–H and O–H groups in total. The van der Waals surface area contributed by atoms with Crippen molar-refractivity contribution in [3.05, 3.63) is 0 Å². The van der Waals surface area contributed by atoms with Crippen LogP contribution in [0.2, 0.25) is 0 Å². The van der Waals surface area contributed by atoms with E-state index in [-0.39, 0.29) is 12.5 Å². The Morgan fingerprint density at radius 2 is 2.33 bits per heavy atom. The third kappa shape index (κ3) is 7.88. The summed E-state index contributed by atoms with van der Waals surface area (Å²) in [5.41, 5.74) is 0. The topological polar surface area (TPSA) is 49.3 Å². The van der Waals surface area contributed by atoms with Crippen molar-refractivity contribution in [3.8, 4) is 0 Å². The van der Waals surface area contributed by atoms with Crippen LogP contribution in [0, 0.1) is 0 Å². The minimum Gasteiger partial charge on any atom is -0.395 e. The van der Waals surface area contributed by atoms with Gasteiger partial charge in [0.25, 0.3) is 0 Å². The quantitative estimate of drug-likeness (QED) is 0.580. The number of carbonyl (C=O) groups is 1. The second-order valence-electron chi connectivity index (χ2n) is 2.48. The molecule has 0 bridgehead atoms. The smallest absolute Gasteiger partial charge is 0.230 e. The van der Waals surface area contributed by atoms with Crippen molar-refractivity contribution in [2.45, 2.75) is 19.8 Å². The van der Waals surface area contributed by atoms with Gasteiger partial charge in [-0.1, -0.05) is 13.3 Å². The van der Waals surface area contributed by atoms with Crippen LogP contribution in [0.25, 0.3) is 0 Å². The van der Waals surface area contributed by atoms with Gasteiger partial charge < -0.3 is 10.4 Å². The van der Waals surface area contributed by atoms with E-state index in [4.69, 9.17) is 5.11 Å². The van der Waals surface area contributed by atoms with Gasteiger partial charge in [0.1, 0.15) is 0 Å². The Labute approximate surface area is 77.9 Å². The van der Waals surface area contributed by atoms with E-state index in [9.17, 15) is 4.79 Å². The van der Waals surface area contributed by atoms with Gasteiger partial charge in [-0.15, -0.1) is 0 Å². The van der Waals surface area contributed by atoms with E-state index >= 15 is 0 Å². The van der Waals surface area contributed by atoms with Gasteiger partial charge in [-0.05, 0) is 12.2 Å². The van der Waals surface area contributed by atoms with E-state index in [1.165, 1.54) is 6.42 Å². The second-order valence-corrected chi connectivity index (χ2v) is 3.58. The molecule has 0 saturated carbocycles. The van der Waals surface area contributed by atoms with Crippen LogP contribution >= 0.6 is 11.8 Å². The van der Waals surface area contributed by atoms with E-state index in [2.05, 4.69) is 12.2 Å². The van der Waals surface area contributed by atoms with Crippen LogP contribution in [0.15, 0.2) is 0 Å². The van der Waals surface area contributed by atoms with Gasteiger partial charge in [0.15, 0.2) is 0 Å². The first-order valence-electron chi connectivity index (χ1n) is 4.26. The summed E-state index contributed by atoms with van der Waals surface area (Å²) in [4.78, 5) is 10.9. The molecule has 1 amide bonds. The van der Waals surface area contributed by atoms with Crippen molar-refractivity contribution < 1.29 is 9.90 Å². The second kappa shape index (κ2) is 8.87. The molecule has 4 heteroatoms. The number of aliphatic hydroxyl groups is 1. The number of hydrogen-bond acceptors (Lipinski definition) is 3. The van der Waals surface area contributed by atoms with Gasteiger partial charge in [0.05, 0.1) is 12.4 Å². The van der Waals surface area contributed by atoms with Crippen LogP contribution in [-0.4, -0.2) is 35.7 Å². The number of thioether (sulfide) groups is 1. The van der Waals surface area contributed by atoms with Gasteiger partial charge in [0, 0.05) is 6.54 Å². The maximum atomic E-state index is 10.9. The first-order valence-corrected chi connectivity index (χ1v) is 5.42. The summed E-state index contributed by atoms with van der Waals surface area (Å²) in [6, 6.07) is 0. The molecular weight excluding hydrogens is 174 g/mol. The lowest BCUT2D eigenvalue weighted by Crippen LogP contribution is -2.27. The lowest BCUT2D eigenvalue weighted by Gasteiger charge is -2.01. The molecule has 0 saturated heterocycles. The summed E-state index contributed by atoms with van der Waals surface area (Å²) in [5.74, 6) is 1.58. The number of rotatable bonds is 7.